The lowest BCUT2D eigenvalue weighted by Gasteiger charge is -2.11. The zero-order valence-corrected chi connectivity index (χ0v) is 14.3. The summed E-state index contributed by atoms with van der Waals surface area (Å²) in [6.07, 6.45) is 0.717. The number of benzene rings is 2. The van der Waals surface area contributed by atoms with Crippen molar-refractivity contribution in [2.24, 2.45) is 4.99 Å². The molecule has 0 aliphatic rings. The lowest BCUT2D eigenvalue weighted by atomic mass is 10.1. The Morgan fingerprint density at radius 1 is 1.04 bits per heavy atom. The second-order valence-corrected chi connectivity index (χ2v) is 5.83. The first kappa shape index (κ1) is 17.4. The van der Waals surface area contributed by atoms with Crippen LogP contribution in [-0.2, 0) is 6.42 Å². The third kappa shape index (κ3) is 3.64. The maximum atomic E-state index is 12.2. The molecule has 6 nitrogen and oxygen atoms in total. The van der Waals surface area contributed by atoms with Crippen molar-refractivity contribution in [1.29, 1.82) is 0 Å². The van der Waals surface area contributed by atoms with Crippen molar-refractivity contribution in [3.63, 3.8) is 0 Å². The van der Waals surface area contributed by atoms with E-state index in [1.165, 1.54) is 0 Å². The van der Waals surface area contributed by atoms with E-state index in [1.54, 1.807) is 37.3 Å². The number of aliphatic imine (C=N–C) groups is 1. The van der Waals surface area contributed by atoms with Crippen molar-refractivity contribution in [2.45, 2.75) is 13.3 Å². The van der Waals surface area contributed by atoms with Gasteiger partial charge in [0, 0.05) is 12.3 Å². The lowest BCUT2D eigenvalue weighted by molar-refractivity contribution is 0.429. The molecule has 1 aromatic heterocycles. The zero-order chi connectivity index (χ0) is 18.5. The predicted molar refractivity (Wildman–Crippen MR) is 102 cm³/mol. The standard InChI is InChI=1S/C20H19N3O3/c1-14(21-13-12-15-8-4-2-5-9-15)17-18(24)22-20(26)23(19(17)25)16-10-6-3-7-11-16/h2-11,25H,12-13H2,1H3,(H,22,24,26). The van der Waals surface area contributed by atoms with Gasteiger partial charge in [0.25, 0.3) is 5.56 Å². The molecule has 0 saturated heterocycles. The Kier molecular flexibility index (Phi) is 5.12. The maximum absolute atomic E-state index is 12.2. The molecule has 132 valence electrons. The van der Waals surface area contributed by atoms with E-state index in [1.807, 2.05) is 30.3 Å². The van der Waals surface area contributed by atoms with Gasteiger partial charge in [-0.3, -0.25) is 14.8 Å². The van der Waals surface area contributed by atoms with Gasteiger partial charge in [0.1, 0.15) is 5.56 Å². The van der Waals surface area contributed by atoms with Crippen LogP contribution in [-0.4, -0.2) is 26.9 Å². The molecule has 0 bridgehead atoms. The van der Waals surface area contributed by atoms with Crippen molar-refractivity contribution in [3.05, 3.63) is 92.6 Å². The van der Waals surface area contributed by atoms with Crippen LogP contribution in [0.3, 0.4) is 0 Å². The van der Waals surface area contributed by atoms with Crippen LogP contribution in [0.5, 0.6) is 5.88 Å². The molecule has 3 rings (SSSR count). The van der Waals surface area contributed by atoms with Crippen molar-refractivity contribution < 1.29 is 5.11 Å². The van der Waals surface area contributed by atoms with Gasteiger partial charge in [-0.1, -0.05) is 48.5 Å². The van der Waals surface area contributed by atoms with Gasteiger partial charge in [-0.15, -0.1) is 0 Å². The smallest absolute Gasteiger partial charge is 0.335 e. The summed E-state index contributed by atoms with van der Waals surface area (Å²) in [6.45, 7) is 2.12. The van der Waals surface area contributed by atoms with E-state index in [4.69, 9.17) is 0 Å². The van der Waals surface area contributed by atoms with Gasteiger partial charge in [0.2, 0.25) is 5.88 Å². The highest BCUT2D eigenvalue weighted by Gasteiger charge is 2.17. The Labute approximate surface area is 150 Å². The molecular formula is C20H19N3O3. The lowest BCUT2D eigenvalue weighted by Crippen LogP contribution is -2.32. The van der Waals surface area contributed by atoms with Gasteiger partial charge in [0.15, 0.2) is 0 Å². The summed E-state index contributed by atoms with van der Waals surface area (Å²) in [5.41, 5.74) is 0.632. The van der Waals surface area contributed by atoms with E-state index in [0.717, 1.165) is 16.6 Å². The van der Waals surface area contributed by atoms with Crippen LogP contribution in [0, 0.1) is 0 Å². The number of hydrogen-bond acceptors (Lipinski definition) is 4. The summed E-state index contributed by atoms with van der Waals surface area (Å²) in [5, 5.41) is 10.6. The fourth-order valence-electron chi connectivity index (χ4n) is 2.74. The number of aromatic hydroxyl groups is 1. The molecule has 1 heterocycles. The van der Waals surface area contributed by atoms with Crippen molar-refractivity contribution in [2.75, 3.05) is 6.54 Å². The Hall–Kier alpha value is -3.41. The largest absolute Gasteiger partial charge is 0.493 e. The molecule has 0 saturated carbocycles. The quantitative estimate of drug-likeness (QED) is 0.693. The minimum atomic E-state index is -0.695. The molecule has 2 aromatic carbocycles. The maximum Gasteiger partial charge on any atom is 0.335 e. The second-order valence-electron chi connectivity index (χ2n) is 5.83. The van der Waals surface area contributed by atoms with Crippen molar-refractivity contribution in [1.82, 2.24) is 9.55 Å². The minimum Gasteiger partial charge on any atom is -0.493 e. The molecule has 26 heavy (non-hydrogen) atoms. The number of aromatic amines is 1. The molecule has 0 fully saturated rings. The molecule has 3 aromatic rings. The molecular weight excluding hydrogens is 330 g/mol. The van der Waals surface area contributed by atoms with Crippen molar-refractivity contribution in [3.8, 4) is 11.6 Å². The van der Waals surface area contributed by atoms with Gasteiger partial charge in [-0.25, -0.2) is 9.36 Å². The minimum absolute atomic E-state index is 0.00140. The molecule has 0 atom stereocenters. The fraction of sp³-hybridized carbons (Fsp3) is 0.150. The van der Waals surface area contributed by atoms with Crippen LogP contribution in [0.15, 0.2) is 75.2 Å². The molecule has 0 aliphatic heterocycles. The van der Waals surface area contributed by atoms with Crippen LogP contribution in [0.25, 0.3) is 5.69 Å². The summed E-state index contributed by atoms with van der Waals surface area (Å²) in [4.78, 5) is 31.0. The highest BCUT2D eigenvalue weighted by atomic mass is 16.3. The first-order valence-electron chi connectivity index (χ1n) is 8.27. The molecule has 0 amide bonds. The summed E-state index contributed by atoms with van der Waals surface area (Å²) >= 11 is 0. The van der Waals surface area contributed by atoms with Crippen molar-refractivity contribution >= 4 is 5.71 Å². The SMILES string of the molecule is CC(=NCCc1ccccc1)c1c(O)n(-c2ccccc2)c(=O)[nH]c1=O. The van der Waals surface area contributed by atoms with Gasteiger partial charge in [0.05, 0.1) is 5.69 Å². The Morgan fingerprint density at radius 3 is 2.31 bits per heavy atom. The highest BCUT2D eigenvalue weighted by molar-refractivity contribution is 6.00. The number of hydrogen-bond donors (Lipinski definition) is 2. The summed E-state index contributed by atoms with van der Waals surface area (Å²) in [7, 11) is 0. The summed E-state index contributed by atoms with van der Waals surface area (Å²) < 4.78 is 1.06. The van der Waals surface area contributed by atoms with Crippen LogP contribution >= 0.6 is 0 Å². The molecule has 2 N–H and O–H groups in total. The Bertz CT molecular complexity index is 1040. The first-order chi connectivity index (χ1) is 12.6. The molecule has 6 heteroatoms. The monoisotopic (exact) mass is 349 g/mol. The average Bonchev–Trinajstić information content (AvgIpc) is 2.63. The van der Waals surface area contributed by atoms with Gasteiger partial charge >= 0.3 is 5.69 Å². The third-order valence-electron chi connectivity index (χ3n) is 4.05. The molecule has 0 radical (unpaired) electrons. The van der Waals surface area contributed by atoms with E-state index < -0.39 is 17.1 Å². The van der Waals surface area contributed by atoms with Crippen LogP contribution in [0.2, 0.25) is 0 Å². The number of nitrogens with zero attached hydrogens (tertiary/aromatic N) is 2. The van der Waals surface area contributed by atoms with E-state index in [9.17, 15) is 14.7 Å². The number of rotatable bonds is 5. The average molecular weight is 349 g/mol. The zero-order valence-electron chi connectivity index (χ0n) is 14.3. The molecule has 0 aliphatic carbocycles. The van der Waals surface area contributed by atoms with E-state index in [2.05, 4.69) is 9.98 Å². The third-order valence-corrected chi connectivity index (χ3v) is 4.05. The Morgan fingerprint density at radius 2 is 1.65 bits per heavy atom. The van der Waals surface area contributed by atoms with Crippen LogP contribution in [0.1, 0.15) is 18.1 Å². The van der Waals surface area contributed by atoms with Crippen LogP contribution < -0.4 is 11.2 Å². The van der Waals surface area contributed by atoms with Gasteiger partial charge in [-0.05, 0) is 31.0 Å². The summed E-state index contributed by atoms with van der Waals surface area (Å²) in [5.74, 6) is -0.411. The summed E-state index contributed by atoms with van der Waals surface area (Å²) in [6, 6.07) is 18.5. The number of nitrogens with one attached hydrogen (secondary N) is 1. The van der Waals surface area contributed by atoms with E-state index in [0.29, 0.717) is 17.9 Å². The second kappa shape index (κ2) is 7.65. The molecule has 0 spiro atoms. The first-order valence-corrected chi connectivity index (χ1v) is 8.27. The number of para-hydroxylation sites is 1. The van der Waals surface area contributed by atoms with Gasteiger partial charge in [-0.2, -0.15) is 0 Å². The topological polar surface area (TPSA) is 87.4 Å². The number of H-pyrrole nitrogens is 1. The fourth-order valence-corrected chi connectivity index (χ4v) is 2.74. The normalized spacial score (nSPS) is 11.5. The van der Waals surface area contributed by atoms with E-state index in [-0.39, 0.29) is 5.56 Å². The Balaban J connectivity index is 1.95. The molecule has 0 unspecified atom stereocenters. The number of aromatic nitrogens is 2. The van der Waals surface area contributed by atoms with Gasteiger partial charge < -0.3 is 5.11 Å². The van der Waals surface area contributed by atoms with Crippen LogP contribution in [0.4, 0.5) is 0 Å². The predicted octanol–water partition coefficient (Wildman–Crippen LogP) is 2.28. The van der Waals surface area contributed by atoms with E-state index >= 15 is 0 Å². The highest BCUT2D eigenvalue weighted by Crippen LogP contribution is 2.16.